The number of benzene rings is 1. The molecule has 0 saturated heterocycles. The van der Waals surface area contributed by atoms with Crippen LogP contribution >= 0.6 is 0 Å². The summed E-state index contributed by atoms with van der Waals surface area (Å²) in [6.45, 7) is 4.46. The molecule has 0 bridgehead atoms. The highest BCUT2D eigenvalue weighted by atomic mass is 16.5. The Bertz CT molecular complexity index is 997. The minimum absolute atomic E-state index is 0.0244. The lowest BCUT2D eigenvalue weighted by Gasteiger charge is -2.13. The van der Waals surface area contributed by atoms with E-state index in [2.05, 4.69) is 10.3 Å². The van der Waals surface area contributed by atoms with E-state index in [9.17, 15) is 9.59 Å². The number of carbonyl (C=O) groups excluding carboxylic acids is 1. The highest BCUT2D eigenvalue weighted by molar-refractivity contribution is 5.93. The Kier molecular flexibility index (Phi) is 6.22. The van der Waals surface area contributed by atoms with Gasteiger partial charge in [0, 0.05) is 24.5 Å². The summed E-state index contributed by atoms with van der Waals surface area (Å²) in [6.07, 6.45) is 3.30. The Balaban J connectivity index is 1.74. The zero-order valence-electron chi connectivity index (χ0n) is 16.0. The van der Waals surface area contributed by atoms with Crippen LogP contribution in [0.4, 0.5) is 0 Å². The van der Waals surface area contributed by atoms with Crippen LogP contribution in [0.3, 0.4) is 0 Å². The fraction of sp³-hybridized carbons (Fsp3) is 0.227. The lowest BCUT2D eigenvalue weighted by molar-refractivity contribution is 0.0948. The van der Waals surface area contributed by atoms with Crippen LogP contribution in [0.25, 0.3) is 0 Å². The van der Waals surface area contributed by atoms with Crippen molar-refractivity contribution in [2.75, 3.05) is 0 Å². The van der Waals surface area contributed by atoms with Crippen LogP contribution in [0.5, 0.6) is 5.88 Å². The van der Waals surface area contributed by atoms with Gasteiger partial charge >= 0.3 is 0 Å². The second-order valence-electron chi connectivity index (χ2n) is 6.66. The van der Waals surface area contributed by atoms with Gasteiger partial charge in [0.25, 0.3) is 11.5 Å². The number of nitrogens with zero attached hydrogens (tertiary/aromatic N) is 2. The van der Waals surface area contributed by atoms with Gasteiger partial charge < -0.3 is 14.6 Å². The minimum atomic E-state index is -0.424. The molecule has 0 aliphatic carbocycles. The summed E-state index contributed by atoms with van der Waals surface area (Å²) in [5.74, 6) is 0.0547. The second-order valence-corrected chi connectivity index (χ2v) is 6.66. The maximum absolute atomic E-state index is 12.7. The van der Waals surface area contributed by atoms with Crippen molar-refractivity contribution in [1.29, 1.82) is 0 Å². The smallest absolute Gasteiger partial charge is 0.263 e. The molecule has 3 rings (SSSR count). The quantitative estimate of drug-likeness (QED) is 0.687. The van der Waals surface area contributed by atoms with Gasteiger partial charge in [0.2, 0.25) is 5.88 Å². The Hall–Kier alpha value is -3.41. The van der Waals surface area contributed by atoms with E-state index in [0.717, 1.165) is 11.1 Å². The normalized spacial score (nSPS) is 10.7. The molecule has 0 radical (unpaired) electrons. The highest BCUT2D eigenvalue weighted by Crippen LogP contribution is 2.15. The average molecular weight is 377 g/mol. The van der Waals surface area contributed by atoms with Crippen LogP contribution in [0.1, 0.15) is 35.3 Å². The number of hydrogen-bond acceptors (Lipinski definition) is 4. The summed E-state index contributed by atoms with van der Waals surface area (Å²) in [5.41, 5.74) is 1.53. The molecule has 2 aromatic heterocycles. The molecule has 6 heteroatoms. The number of carbonyl (C=O) groups is 1. The van der Waals surface area contributed by atoms with Crippen LogP contribution in [-0.2, 0) is 13.1 Å². The van der Waals surface area contributed by atoms with E-state index in [0.29, 0.717) is 12.4 Å². The third kappa shape index (κ3) is 4.85. The number of amides is 1. The Morgan fingerprint density at radius 3 is 2.64 bits per heavy atom. The van der Waals surface area contributed by atoms with E-state index in [1.165, 1.54) is 10.6 Å². The van der Waals surface area contributed by atoms with E-state index in [1.807, 2.05) is 50.2 Å². The number of hydrogen-bond donors (Lipinski definition) is 1. The lowest BCUT2D eigenvalue weighted by Crippen LogP contribution is -2.32. The van der Waals surface area contributed by atoms with Gasteiger partial charge in [0.15, 0.2) is 0 Å². The molecule has 0 atom stereocenters. The first-order chi connectivity index (χ1) is 13.5. The van der Waals surface area contributed by atoms with Crippen molar-refractivity contribution < 1.29 is 9.53 Å². The van der Waals surface area contributed by atoms with Gasteiger partial charge in [-0.1, -0.05) is 36.4 Å². The summed E-state index contributed by atoms with van der Waals surface area (Å²) < 4.78 is 7.19. The first-order valence-corrected chi connectivity index (χ1v) is 9.16. The van der Waals surface area contributed by atoms with Gasteiger partial charge in [-0.2, -0.15) is 0 Å². The van der Waals surface area contributed by atoms with E-state index >= 15 is 0 Å². The number of pyridine rings is 2. The van der Waals surface area contributed by atoms with E-state index in [4.69, 9.17) is 4.74 Å². The molecule has 0 aliphatic rings. The molecule has 28 heavy (non-hydrogen) atoms. The summed E-state index contributed by atoms with van der Waals surface area (Å²) >= 11 is 0. The van der Waals surface area contributed by atoms with Gasteiger partial charge in [-0.05, 0) is 37.6 Å². The molecule has 0 saturated carbocycles. The van der Waals surface area contributed by atoms with Crippen molar-refractivity contribution in [3.8, 4) is 5.88 Å². The fourth-order valence-corrected chi connectivity index (χ4v) is 2.77. The Labute approximate surface area is 163 Å². The van der Waals surface area contributed by atoms with Crippen molar-refractivity contribution in [1.82, 2.24) is 14.9 Å². The van der Waals surface area contributed by atoms with Crippen molar-refractivity contribution in [2.45, 2.75) is 33.0 Å². The topological polar surface area (TPSA) is 73.2 Å². The van der Waals surface area contributed by atoms with Gasteiger partial charge in [-0.25, -0.2) is 4.98 Å². The molecule has 0 unspecified atom stereocenters. The van der Waals surface area contributed by atoms with Crippen molar-refractivity contribution in [3.05, 3.63) is 94.0 Å². The predicted molar refractivity (Wildman–Crippen MR) is 107 cm³/mol. The third-order valence-corrected chi connectivity index (χ3v) is 4.10. The van der Waals surface area contributed by atoms with E-state index in [1.54, 1.807) is 24.5 Å². The molecule has 0 fully saturated rings. The summed E-state index contributed by atoms with van der Waals surface area (Å²) in [5, 5.41) is 2.79. The maximum Gasteiger partial charge on any atom is 0.263 e. The maximum atomic E-state index is 12.7. The first kappa shape index (κ1) is 19.4. The van der Waals surface area contributed by atoms with Crippen LogP contribution in [0.15, 0.2) is 71.8 Å². The number of rotatable bonds is 7. The SMILES string of the molecule is CC(C)Oc1ncccc1CNC(=O)c1cccn(Cc2ccccc2)c1=O. The molecule has 3 aromatic rings. The highest BCUT2D eigenvalue weighted by Gasteiger charge is 2.14. The van der Waals surface area contributed by atoms with E-state index in [-0.39, 0.29) is 23.8 Å². The zero-order valence-corrected chi connectivity index (χ0v) is 16.0. The molecular weight excluding hydrogens is 354 g/mol. The number of aromatic nitrogens is 2. The predicted octanol–water partition coefficient (Wildman–Crippen LogP) is 3.01. The fourth-order valence-electron chi connectivity index (χ4n) is 2.77. The van der Waals surface area contributed by atoms with Gasteiger partial charge in [-0.3, -0.25) is 9.59 Å². The minimum Gasteiger partial charge on any atom is -0.475 e. The van der Waals surface area contributed by atoms with Gasteiger partial charge in [0.1, 0.15) is 5.56 Å². The molecular formula is C22H23N3O3. The first-order valence-electron chi connectivity index (χ1n) is 9.16. The molecule has 1 aromatic carbocycles. The summed E-state index contributed by atoms with van der Waals surface area (Å²) in [4.78, 5) is 29.5. The molecule has 1 amide bonds. The molecule has 6 nitrogen and oxygen atoms in total. The van der Waals surface area contributed by atoms with Crippen molar-refractivity contribution in [3.63, 3.8) is 0 Å². The third-order valence-electron chi connectivity index (χ3n) is 4.10. The molecule has 1 N–H and O–H groups in total. The Morgan fingerprint density at radius 2 is 1.89 bits per heavy atom. The van der Waals surface area contributed by atoms with E-state index < -0.39 is 5.91 Å². The average Bonchev–Trinajstić information content (AvgIpc) is 2.69. The number of nitrogens with one attached hydrogen (secondary N) is 1. The zero-order chi connectivity index (χ0) is 19.9. The monoisotopic (exact) mass is 377 g/mol. The summed E-state index contributed by atoms with van der Waals surface area (Å²) in [7, 11) is 0. The molecule has 0 spiro atoms. The van der Waals surface area contributed by atoms with Crippen molar-refractivity contribution in [2.24, 2.45) is 0 Å². The molecule has 0 aliphatic heterocycles. The van der Waals surface area contributed by atoms with Crippen molar-refractivity contribution >= 4 is 5.91 Å². The number of ether oxygens (including phenoxy) is 1. The summed E-state index contributed by atoms with van der Waals surface area (Å²) in [6, 6.07) is 16.5. The second kappa shape index (κ2) is 8.99. The Morgan fingerprint density at radius 1 is 1.11 bits per heavy atom. The molecule has 144 valence electrons. The van der Waals surface area contributed by atoms with Crippen LogP contribution in [0.2, 0.25) is 0 Å². The standard InChI is InChI=1S/C22H23N3O3/c1-16(2)28-21-18(10-6-12-23-21)14-24-20(26)19-11-7-13-25(22(19)27)15-17-8-4-3-5-9-17/h3-13,16H,14-15H2,1-2H3,(H,24,26). The van der Waals surface area contributed by atoms with Gasteiger partial charge in [0.05, 0.1) is 12.6 Å². The molecule has 2 heterocycles. The van der Waals surface area contributed by atoms with Gasteiger partial charge in [-0.15, -0.1) is 0 Å². The largest absolute Gasteiger partial charge is 0.475 e. The lowest BCUT2D eigenvalue weighted by atomic mass is 10.2. The van der Waals surface area contributed by atoms with Crippen LogP contribution in [0, 0.1) is 0 Å². The van der Waals surface area contributed by atoms with Crippen LogP contribution < -0.4 is 15.6 Å². The van der Waals surface area contributed by atoms with Crippen LogP contribution in [-0.4, -0.2) is 21.6 Å².